The Morgan fingerprint density at radius 3 is 1.08 bits per heavy atom. The Hall–Kier alpha value is -1.00. The molecule has 13 heavy (non-hydrogen) atoms. The summed E-state index contributed by atoms with van der Waals surface area (Å²) < 4.78 is 0. The van der Waals surface area contributed by atoms with Gasteiger partial charge in [-0.25, -0.2) is 5.26 Å². The Labute approximate surface area is 101 Å². The molecule has 0 unspecified atom stereocenters. The van der Waals surface area contributed by atoms with Crippen LogP contribution in [-0.2, 0) is 0 Å². The molecule has 0 saturated heterocycles. The summed E-state index contributed by atoms with van der Waals surface area (Å²) in [5, 5.41) is 22.3. The first-order valence-corrected chi connectivity index (χ1v) is 3.15. The van der Waals surface area contributed by atoms with Crippen molar-refractivity contribution in [1.82, 2.24) is 0 Å². The molecule has 0 aliphatic carbocycles. The summed E-state index contributed by atoms with van der Waals surface area (Å²) in [6.07, 6.45) is 0.500. The van der Waals surface area contributed by atoms with E-state index < -0.39 is 0 Å². The molecular formula is C9H9N2NaO. The van der Waals surface area contributed by atoms with Crippen LogP contribution in [0.2, 0.25) is 0 Å². The van der Waals surface area contributed by atoms with Gasteiger partial charge in [0.15, 0.2) is 0 Å². The molecule has 0 bridgehead atoms. The average Bonchev–Trinajstić information content (AvgIpc) is 2.10. The minimum atomic E-state index is 0. The van der Waals surface area contributed by atoms with E-state index in [9.17, 15) is 0 Å². The number of hydrogen-bond acceptors (Lipinski definition) is 3. The average molecular weight is 184 g/mol. The second kappa shape index (κ2) is 22.4. The van der Waals surface area contributed by atoms with E-state index in [1.54, 1.807) is 6.07 Å². The summed E-state index contributed by atoms with van der Waals surface area (Å²) in [4.78, 5) is 0. The van der Waals surface area contributed by atoms with E-state index in [0.717, 1.165) is 0 Å². The monoisotopic (exact) mass is 184 g/mol. The van der Waals surface area contributed by atoms with Gasteiger partial charge in [-0.05, 0) is 0 Å². The molecule has 0 saturated carbocycles. The SMILES string of the molecule is CC#N.N#C[O-].[Na+].c1ccccc1. The van der Waals surface area contributed by atoms with Gasteiger partial charge in [-0.2, -0.15) is 5.26 Å². The Balaban J connectivity index is -0.000000126. The van der Waals surface area contributed by atoms with Gasteiger partial charge in [0.1, 0.15) is 0 Å². The van der Waals surface area contributed by atoms with Crippen molar-refractivity contribution in [2.75, 3.05) is 0 Å². The van der Waals surface area contributed by atoms with Crippen LogP contribution in [0.5, 0.6) is 0 Å². The molecule has 0 N–H and O–H groups in total. The van der Waals surface area contributed by atoms with E-state index in [2.05, 4.69) is 0 Å². The van der Waals surface area contributed by atoms with E-state index in [1.165, 1.54) is 6.92 Å². The zero-order valence-electron chi connectivity index (χ0n) is 7.77. The second-order valence-corrected chi connectivity index (χ2v) is 1.47. The van der Waals surface area contributed by atoms with Gasteiger partial charge in [0.25, 0.3) is 0 Å². The third kappa shape index (κ3) is 35.6. The molecule has 1 aromatic carbocycles. The molecule has 0 amide bonds. The van der Waals surface area contributed by atoms with E-state index in [4.69, 9.17) is 15.6 Å². The van der Waals surface area contributed by atoms with Gasteiger partial charge >= 0.3 is 29.6 Å². The summed E-state index contributed by atoms with van der Waals surface area (Å²) in [6.45, 7) is 1.43. The van der Waals surface area contributed by atoms with Crippen molar-refractivity contribution >= 4 is 0 Å². The van der Waals surface area contributed by atoms with Crippen molar-refractivity contribution in [1.29, 1.82) is 10.5 Å². The summed E-state index contributed by atoms with van der Waals surface area (Å²) in [5.41, 5.74) is 0. The predicted molar refractivity (Wildman–Crippen MR) is 43.3 cm³/mol. The standard InChI is InChI=1S/C6H6.C2H3N.CHNO.Na/c1-2-4-6-5-3-1;1-2-3;2-1-3;/h1-6H;1H3;3H;/q;;;+1/p-1. The van der Waals surface area contributed by atoms with E-state index in [-0.39, 0.29) is 29.6 Å². The van der Waals surface area contributed by atoms with Gasteiger partial charge in [0.05, 0.1) is 6.07 Å². The van der Waals surface area contributed by atoms with Crippen LogP contribution in [0.3, 0.4) is 0 Å². The van der Waals surface area contributed by atoms with Gasteiger partial charge in [-0.3, -0.25) is 0 Å². The quantitative estimate of drug-likeness (QED) is 0.347. The van der Waals surface area contributed by atoms with Crippen molar-refractivity contribution in [2.24, 2.45) is 0 Å². The number of nitriles is 2. The fourth-order valence-electron chi connectivity index (χ4n) is 0.385. The van der Waals surface area contributed by atoms with E-state index >= 15 is 0 Å². The Morgan fingerprint density at radius 2 is 1.00 bits per heavy atom. The summed E-state index contributed by atoms with van der Waals surface area (Å²) >= 11 is 0. The second-order valence-electron chi connectivity index (χ2n) is 1.47. The normalized spacial score (nSPS) is 4.85. The Morgan fingerprint density at radius 1 is 0.923 bits per heavy atom. The maximum atomic E-state index is 8.24. The van der Waals surface area contributed by atoms with Gasteiger partial charge in [-0.1, -0.05) is 36.4 Å². The molecule has 0 aliphatic heterocycles. The maximum Gasteiger partial charge on any atom is 1.00 e. The van der Waals surface area contributed by atoms with Crippen molar-refractivity contribution in [3.8, 4) is 12.3 Å². The van der Waals surface area contributed by atoms with Crippen LogP contribution in [0.4, 0.5) is 0 Å². The molecule has 0 fully saturated rings. The number of rotatable bonds is 0. The smallest absolute Gasteiger partial charge is 0.812 e. The molecule has 0 aromatic heterocycles. The summed E-state index contributed by atoms with van der Waals surface area (Å²) in [7, 11) is 0. The zero-order valence-corrected chi connectivity index (χ0v) is 9.77. The third-order valence-electron chi connectivity index (χ3n) is 0.667. The van der Waals surface area contributed by atoms with Gasteiger partial charge in [-0.15, -0.1) is 0 Å². The zero-order chi connectivity index (χ0) is 9.66. The van der Waals surface area contributed by atoms with Crippen LogP contribution in [-0.4, -0.2) is 0 Å². The predicted octanol–water partition coefficient (Wildman–Crippen LogP) is -1.95. The minimum absolute atomic E-state index is 0. The van der Waals surface area contributed by atoms with Crippen LogP contribution < -0.4 is 34.7 Å². The van der Waals surface area contributed by atoms with E-state index in [0.29, 0.717) is 6.26 Å². The maximum absolute atomic E-state index is 8.24. The van der Waals surface area contributed by atoms with Crippen LogP contribution in [0.1, 0.15) is 6.92 Å². The number of benzene rings is 1. The fourth-order valence-corrected chi connectivity index (χ4v) is 0.385. The molecule has 0 radical (unpaired) electrons. The molecule has 0 spiro atoms. The molecule has 62 valence electrons. The Kier molecular flexibility index (Phi) is 31.0. The first kappa shape index (κ1) is 17.9. The molecular weight excluding hydrogens is 175 g/mol. The van der Waals surface area contributed by atoms with Crippen molar-refractivity contribution in [3.63, 3.8) is 0 Å². The largest absolute Gasteiger partial charge is 1.00 e. The molecule has 0 atom stereocenters. The molecule has 0 heterocycles. The minimum Gasteiger partial charge on any atom is -0.812 e. The third-order valence-corrected chi connectivity index (χ3v) is 0.667. The Bertz CT molecular complexity index is 199. The van der Waals surface area contributed by atoms with Crippen LogP contribution in [0, 0.1) is 22.8 Å². The van der Waals surface area contributed by atoms with Crippen molar-refractivity contribution in [3.05, 3.63) is 36.4 Å². The summed E-state index contributed by atoms with van der Waals surface area (Å²) in [5.74, 6) is 0. The van der Waals surface area contributed by atoms with Gasteiger partial charge in [0.2, 0.25) is 0 Å². The van der Waals surface area contributed by atoms with E-state index in [1.807, 2.05) is 36.4 Å². The summed E-state index contributed by atoms with van der Waals surface area (Å²) in [6, 6.07) is 13.8. The van der Waals surface area contributed by atoms with Crippen molar-refractivity contribution in [2.45, 2.75) is 6.92 Å². The molecule has 1 aromatic rings. The topological polar surface area (TPSA) is 70.6 Å². The number of nitrogens with zero attached hydrogens (tertiary/aromatic N) is 2. The molecule has 1 rings (SSSR count). The first-order valence-electron chi connectivity index (χ1n) is 3.15. The van der Waals surface area contributed by atoms with Gasteiger partial charge < -0.3 is 5.11 Å². The van der Waals surface area contributed by atoms with Crippen LogP contribution in [0.25, 0.3) is 0 Å². The van der Waals surface area contributed by atoms with Crippen LogP contribution in [0.15, 0.2) is 36.4 Å². The molecule has 3 nitrogen and oxygen atoms in total. The first-order chi connectivity index (χ1) is 5.83. The number of hydrogen-bond donors (Lipinski definition) is 0. The molecule has 0 aliphatic rings. The fraction of sp³-hybridized carbons (Fsp3) is 0.111. The van der Waals surface area contributed by atoms with Crippen molar-refractivity contribution < 1.29 is 34.7 Å². The van der Waals surface area contributed by atoms with Gasteiger partial charge in [0, 0.05) is 13.2 Å². The van der Waals surface area contributed by atoms with Crippen LogP contribution >= 0.6 is 0 Å². The molecule has 4 heteroatoms.